The van der Waals surface area contributed by atoms with Crippen LogP contribution in [-0.4, -0.2) is 17.9 Å². The van der Waals surface area contributed by atoms with Crippen molar-refractivity contribution in [2.45, 2.75) is 6.92 Å². The Labute approximate surface area is 88.5 Å². The van der Waals surface area contributed by atoms with E-state index in [0.717, 1.165) is 11.8 Å². The first-order chi connectivity index (χ1) is 7.13. The number of nitrogens with two attached hydrogens (primary N) is 1. The molecule has 4 nitrogen and oxygen atoms in total. The molecule has 15 heavy (non-hydrogen) atoms. The van der Waals surface area contributed by atoms with Crippen LogP contribution in [0.25, 0.3) is 0 Å². The van der Waals surface area contributed by atoms with Crippen LogP contribution in [0, 0.1) is 12.3 Å². The van der Waals surface area contributed by atoms with E-state index >= 15 is 0 Å². The van der Waals surface area contributed by atoms with Gasteiger partial charge in [0.05, 0.1) is 0 Å². The minimum atomic E-state index is 0.196. The van der Waals surface area contributed by atoms with Crippen molar-refractivity contribution in [3.05, 3.63) is 35.5 Å². The van der Waals surface area contributed by atoms with E-state index in [1.165, 1.54) is 12.1 Å². The number of hydrogen-bond acceptors (Lipinski definition) is 4. The molecular weight excluding hydrogens is 192 g/mol. The zero-order chi connectivity index (χ0) is 11.3. The van der Waals surface area contributed by atoms with Crippen LogP contribution in [0.15, 0.2) is 30.0 Å². The number of hydrogen-bond donors (Lipinski definition) is 3. The summed E-state index contributed by atoms with van der Waals surface area (Å²) >= 11 is 0. The van der Waals surface area contributed by atoms with Gasteiger partial charge in [0, 0.05) is 18.0 Å². The summed E-state index contributed by atoms with van der Waals surface area (Å²) in [5, 5.41) is 16.2. The molecule has 0 fully saturated rings. The molecule has 4 N–H and O–H groups in total. The van der Waals surface area contributed by atoms with Crippen molar-refractivity contribution in [1.82, 2.24) is 0 Å². The smallest absolute Gasteiger partial charge is 0.128 e. The summed E-state index contributed by atoms with van der Waals surface area (Å²) < 4.78 is 5.30. The summed E-state index contributed by atoms with van der Waals surface area (Å²) in [6.45, 7) is 2.01. The fourth-order valence-electron chi connectivity index (χ4n) is 1.00. The normalized spacial score (nSPS) is 11.1. The lowest BCUT2D eigenvalue weighted by Crippen LogP contribution is -2.09. The Kier molecular flexibility index (Phi) is 3.74. The third-order valence-corrected chi connectivity index (χ3v) is 1.88. The fourth-order valence-corrected chi connectivity index (χ4v) is 1.00. The van der Waals surface area contributed by atoms with Gasteiger partial charge >= 0.3 is 0 Å². The molecule has 0 aliphatic heterocycles. The highest BCUT2D eigenvalue weighted by Gasteiger charge is 1.99. The van der Waals surface area contributed by atoms with Crippen molar-refractivity contribution in [3.8, 4) is 11.5 Å². The third kappa shape index (κ3) is 3.34. The molecule has 0 aliphatic rings. The van der Waals surface area contributed by atoms with Crippen molar-refractivity contribution in [2.75, 3.05) is 6.61 Å². The van der Waals surface area contributed by atoms with Gasteiger partial charge in [-0.2, -0.15) is 0 Å². The number of phenolic OH excluding ortho intramolecular Hbond substituents is 1. The minimum Gasteiger partial charge on any atom is -0.508 e. The Morgan fingerprint density at radius 1 is 1.60 bits per heavy atom. The maximum Gasteiger partial charge on any atom is 0.128 e. The van der Waals surface area contributed by atoms with Crippen LogP contribution in [0.3, 0.4) is 0 Å². The van der Waals surface area contributed by atoms with E-state index in [-0.39, 0.29) is 12.4 Å². The van der Waals surface area contributed by atoms with Crippen LogP contribution < -0.4 is 10.5 Å². The number of benzene rings is 1. The molecule has 0 atom stereocenters. The molecule has 0 heterocycles. The Balaban J connectivity index is 2.62. The van der Waals surface area contributed by atoms with Crippen LogP contribution in [0.4, 0.5) is 0 Å². The van der Waals surface area contributed by atoms with Gasteiger partial charge in [-0.3, -0.25) is 0 Å². The van der Waals surface area contributed by atoms with Gasteiger partial charge in [0.15, 0.2) is 0 Å². The van der Waals surface area contributed by atoms with Crippen molar-refractivity contribution < 1.29 is 9.84 Å². The molecule has 0 saturated heterocycles. The first-order valence-electron chi connectivity index (χ1n) is 4.51. The lowest BCUT2D eigenvalue weighted by molar-refractivity contribution is 0.347. The molecule has 1 aromatic carbocycles. The monoisotopic (exact) mass is 206 g/mol. The van der Waals surface area contributed by atoms with E-state index in [1.807, 2.05) is 6.92 Å². The number of rotatable bonds is 4. The minimum absolute atomic E-state index is 0.196. The topological polar surface area (TPSA) is 79.3 Å². The molecule has 4 heteroatoms. The number of allylic oxidation sites excluding steroid dienone is 1. The van der Waals surface area contributed by atoms with E-state index in [9.17, 15) is 5.11 Å². The molecule has 0 saturated carbocycles. The lowest BCUT2D eigenvalue weighted by Gasteiger charge is -2.07. The van der Waals surface area contributed by atoms with Gasteiger partial charge in [0.25, 0.3) is 0 Å². The summed E-state index contributed by atoms with van der Waals surface area (Å²) in [4.78, 5) is 0. The van der Waals surface area contributed by atoms with Gasteiger partial charge in [-0.25, -0.2) is 0 Å². The van der Waals surface area contributed by atoms with Gasteiger partial charge in [0.2, 0.25) is 0 Å². The summed E-state index contributed by atoms with van der Waals surface area (Å²) in [6.07, 6.45) is 2.55. The second kappa shape index (κ2) is 5.05. The summed E-state index contributed by atoms with van der Waals surface area (Å²) in [5.41, 5.74) is 6.78. The number of phenols is 1. The van der Waals surface area contributed by atoms with Crippen molar-refractivity contribution in [2.24, 2.45) is 5.73 Å². The molecule has 0 aliphatic carbocycles. The summed E-state index contributed by atoms with van der Waals surface area (Å²) in [6, 6.07) is 5.06. The van der Waals surface area contributed by atoms with E-state index in [1.54, 1.807) is 12.1 Å². The summed E-state index contributed by atoms with van der Waals surface area (Å²) in [5.74, 6) is 0.751. The molecule has 0 aromatic heterocycles. The van der Waals surface area contributed by atoms with E-state index < -0.39 is 0 Å². The Hall–Kier alpha value is -1.97. The number of nitrogens with one attached hydrogen (secondary N) is 1. The summed E-state index contributed by atoms with van der Waals surface area (Å²) in [7, 11) is 0. The molecule has 0 bridgehead atoms. The van der Waals surface area contributed by atoms with Crippen LogP contribution in [0.1, 0.15) is 5.56 Å². The maximum atomic E-state index is 9.41. The largest absolute Gasteiger partial charge is 0.508 e. The molecule has 80 valence electrons. The van der Waals surface area contributed by atoms with Gasteiger partial charge < -0.3 is 21.0 Å². The third-order valence-electron chi connectivity index (χ3n) is 1.88. The molecule has 1 aromatic rings. The highest BCUT2D eigenvalue weighted by atomic mass is 16.5. The second-order valence-electron chi connectivity index (χ2n) is 3.15. The molecule has 0 amide bonds. The van der Waals surface area contributed by atoms with Gasteiger partial charge in [-0.15, -0.1) is 0 Å². The highest BCUT2D eigenvalue weighted by Crippen LogP contribution is 2.22. The Morgan fingerprint density at radius 3 is 2.93 bits per heavy atom. The van der Waals surface area contributed by atoms with Gasteiger partial charge in [-0.05, 0) is 24.6 Å². The lowest BCUT2D eigenvalue weighted by atomic mass is 10.2. The van der Waals surface area contributed by atoms with Gasteiger partial charge in [-0.1, -0.05) is 6.07 Å². The standard InChI is InChI=1S/C11H14N2O2/c1-8-2-3-10(6-11(8)14)15-7-9(13)4-5-12/h2-6,12,14H,7,13H2,1H3. The van der Waals surface area contributed by atoms with E-state index in [0.29, 0.717) is 11.4 Å². The molecule has 0 spiro atoms. The fraction of sp³-hybridized carbons (Fsp3) is 0.182. The predicted molar refractivity (Wildman–Crippen MR) is 59.4 cm³/mol. The quantitative estimate of drug-likeness (QED) is 0.654. The van der Waals surface area contributed by atoms with Crippen LogP contribution >= 0.6 is 0 Å². The Bertz CT molecular complexity index is 386. The second-order valence-corrected chi connectivity index (χ2v) is 3.15. The average molecular weight is 206 g/mol. The zero-order valence-electron chi connectivity index (χ0n) is 8.53. The highest BCUT2D eigenvalue weighted by molar-refractivity contribution is 5.68. The molecular formula is C11H14N2O2. The van der Waals surface area contributed by atoms with Gasteiger partial charge in [0.1, 0.15) is 18.1 Å². The predicted octanol–water partition coefficient (Wildman–Crippen LogP) is 1.57. The van der Waals surface area contributed by atoms with Crippen molar-refractivity contribution >= 4 is 6.21 Å². The van der Waals surface area contributed by atoms with Crippen LogP contribution in [0.2, 0.25) is 0 Å². The first-order valence-corrected chi connectivity index (χ1v) is 4.51. The average Bonchev–Trinajstić information content (AvgIpc) is 2.20. The molecule has 1 rings (SSSR count). The van der Waals surface area contributed by atoms with E-state index in [4.69, 9.17) is 15.9 Å². The zero-order valence-corrected chi connectivity index (χ0v) is 8.53. The van der Waals surface area contributed by atoms with Crippen LogP contribution in [0.5, 0.6) is 11.5 Å². The van der Waals surface area contributed by atoms with Crippen LogP contribution in [-0.2, 0) is 0 Å². The molecule has 0 unspecified atom stereocenters. The molecule has 0 radical (unpaired) electrons. The first kappa shape index (κ1) is 11.1. The maximum absolute atomic E-state index is 9.41. The van der Waals surface area contributed by atoms with Crippen molar-refractivity contribution in [1.29, 1.82) is 5.41 Å². The van der Waals surface area contributed by atoms with E-state index in [2.05, 4.69) is 0 Å². The number of ether oxygens (including phenoxy) is 1. The SMILES string of the molecule is Cc1ccc(OCC(N)=CC=N)cc1O. The number of aryl methyl sites for hydroxylation is 1. The number of aromatic hydroxyl groups is 1. The van der Waals surface area contributed by atoms with Crippen molar-refractivity contribution in [3.63, 3.8) is 0 Å². The Morgan fingerprint density at radius 2 is 2.33 bits per heavy atom.